The Morgan fingerprint density at radius 2 is 1.96 bits per heavy atom. The number of halogens is 2. The molecule has 0 bridgehead atoms. The maximum absolute atomic E-state index is 12.4. The Labute approximate surface area is 148 Å². The Kier molecular flexibility index (Phi) is 4.60. The number of benzene rings is 2. The Morgan fingerprint density at radius 1 is 1.17 bits per heavy atom. The molecule has 0 unspecified atom stereocenters. The van der Waals surface area contributed by atoms with Crippen molar-refractivity contribution in [2.24, 2.45) is 0 Å². The molecule has 0 amide bonds. The van der Waals surface area contributed by atoms with Crippen molar-refractivity contribution >= 4 is 41.0 Å². The van der Waals surface area contributed by atoms with Crippen molar-refractivity contribution < 1.29 is 19.1 Å². The van der Waals surface area contributed by atoms with Gasteiger partial charge in [-0.25, -0.2) is 0 Å². The van der Waals surface area contributed by atoms with Crippen LogP contribution in [0.1, 0.15) is 29.3 Å². The molecule has 0 spiro atoms. The zero-order chi connectivity index (χ0) is 17.3. The quantitative estimate of drug-likeness (QED) is 0.441. The average Bonchev–Trinajstić information content (AvgIpc) is 2.86. The number of rotatable bonds is 3. The molecular weight excluding hydrogens is 351 g/mol. The standard InChI is InChI=1S/C18H12Cl2O4/c1-2-17(21)23-11-4-5-12-15(9-11)24-16(18(12)22)8-10-3-6-13(19)14(20)7-10/h3-9H,2H2,1H3/b16-8+. The Hall–Kier alpha value is -2.30. The van der Waals surface area contributed by atoms with Gasteiger partial charge in [-0.15, -0.1) is 0 Å². The molecule has 0 radical (unpaired) electrons. The van der Waals surface area contributed by atoms with Crippen LogP contribution in [0.15, 0.2) is 42.2 Å². The number of esters is 1. The van der Waals surface area contributed by atoms with Crippen LogP contribution in [0.4, 0.5) is 0 Å². The molecule has 2 aromatic rings. The summed E-state index contributed by atoms with van der Waals surface area (Å²) in [5, 5.41) is 0.825. The van der Waals surface area contributed by atoms with Gasteiger partial charge in [0, 0.05) is 12.5 Å². The number of hydrogen-bond acceptors (Lipinski definition) is 4. The van der Waals surface area contributed by atoms with Gasteiger partial charge in [0.1, 0.15) is 11.5 Å². The lowest BCUT2D eigenvalue weighted by Crippen LogP contribution is -2.05. The fraction of sp³-hybridized carbons (Fsp3) is 0.111. The molecule has 0 fully saturated rings. The molecule has 3 rings (SSSR count). The molecular formula is C18H12Cl2O4. The third-order valence-corrected chi connectivity index (χ3v) is 4.14. The molecule has 4 nitrogen and oxygen atoms in total. The van der Waals surface area contributed by atoms with Gasteiger partial charge < -0.3 is 9.47 Å². The topological polar surface area (TPSA) is 52.6 Å². The average molecular weight is 363 g/mol. The molecule has 0 saturated carbocycles. The third-order valence-electron chi connectivity index (χ3n) is 3.40. The predicted molar refractivity (Wildman–Crippen MR) is 91.8 cm³/mol. The van der Waals surface area contributed by atoms with E-state index in [4.69, 9.17) is 32.7 Å². The highest BCUT2D eigenvalue weighted by atomic mass is 35.5. The highest BCUT2D eigenvalue weighted by molar-refractivity contribution is 6.42. The molecule has 0 saturated heterocycles. The number of fused-ring (bicyclic) bond motifs is 1. The molecule has 122 valence electrons. The lowest BCUT2D eigenvalue weighted by Gasteiger charge is -2.04. The lowest BCUT2D eigenvalue weighted by atomic mass is 10.1. The summed E-state index contributed by atoms with van der Waals surface area (Å²) in [5.41, 5.74) is 1.11. The lowest BCUT2D eigenvalue weighted by molar-refractivity contribution is -0.134. The van der Waals surface area contributed by atoms with Gasteiger partial charge in [-0.3, -0.25) is 9.59 Å². The van der Waals surface area contributed by atoms with E-state index in [9.17, 15) is 9.59 Å². The van der Waals surface area contributed by atoms with Crippen LogP contribution in [0, 0.1) is 0 Å². The molecule has 0 aromatic heterocycles. The van der Waals surface area contributed by atoms with Crippen LogP contribution in [0.5, 0.6) is 11.5 Å². The molecule has 2 aromatic carbocycles. The van der Waals surface area contributed by atoms with E-state index < -0.39 is 0 Å². The first kappa shape index (κ1) is 16.6. The van der Waals surface area contributed by atoms with E-state index >= 15 is 0 Å². The van der Waals surface area contributed by atoms with Gasteiger partial charge in [0.25, 0.3) is 0 Å². The minimum Gasteiger partial charge on any atom is -0.452 e. The zero-order valence-electron chi connectivity index (χ0n) is 12.6. The summed E-state index contributed by atoms with van der Waals surface area (Å²) >= 11 is 11.8. The number of Topliss-reactive ketones (excluding diaryl/α,β-unsaturated/α-hetero) is 1. The first-order valence-corrected chi connectivity index (χ1v) is 7.97. The number of ether oxygens (including phenoxy) is 2. The molecule has 0 atom stereocenters. The van der Waals surface area contributed by atoms with Crippen LogP contribution in [-0.2, 0) is 4.79 Å². The fourth-order valence-corrected chi connectivity index (χ4v) is 2.49. The van der Waals surface area contributed by atoms with Crippen LogP contribution in [-0.4, -0.2) is 11.8 Å². The number of allylic oxidation sites excluding steroid dienone is 1. The molecule has 1 heterocycles. The number of hydrogen-bond donors (Lipinski definition) is 0. The van der Waals surface area contributed by atoms with Crippen molar-refractivity contribution in [2.45, 2.75) is 13.3 Å². The summed E-state index contributed by atoms with van der Waals surface area (Å²) in [5.74, 6) is 0.259. The monoisotopic (exact) mass is 362 g/mol. The van der Waals surface area contributed by atoms with Crippen LogP contribution >= 0.6 is 23.2 Å². The normalized spacial score (nSPS) is 14.5. The zero-order valence-corrected chi connectivity index (χ0v) is 14.1. The molecule has 0 aliphatic carbocycles. The smallest absolute Gasteiger partial charge is 0.310 e. The minimum absolute atomic E-state index is 0.169. The minimum atomic E-state index is -0.356. The van der Waals surface area contributed by atoms with Crippen molar-refractivity contribution in [2.75, 3.05) is 0 Å². The number of carbonyl (C=O) groups is 2. The van der Waals surface area contributed by atoms with Crippen molar-refractivity contribution in [3.05, 3.63) is 63.3 Å². The van der Waals surface area contributed by atoms with E-state index in [1.54, 1.807) is 43.3 Å². The summed E-state index contributed by atoms with van der Waals surface area (Å²) in [6.45, 7) is 1.70. The SMILES string of the molecule is CCC(=O)Oc1ccc2c(c1)O/C(=C/c1ccc(Cl)c(Cl)c1)C2=O. The van der Waals surface area contributed by atoms with Gasteiger partial charge in [0.05, 0.1) is 15.6 Å². The summed E-state index contributed by atoms with van der Waals surface area (Å²) in [4.78, 5) is 23.7. The molecule has 0 N–H and O–H groups in total. The van der Waals surface area contributed by atoms with Crippen LogP contribution < -0.4 is 9.47 Å². The van der Waals surface area contributed by atoms with Crippen molar-refractivity contribution in [3.63, 3.8) is 0 Å². The highest BCUT2D eigenvalue weighted by Gasteiger charge is 2.28. The largest absolute Gasteiger partial charge is 0.452 e. The van der Waals surface area contributed by atoms with Gasteiger partial charge in [0.15, 0.2) is 5.76 Å². The van der Waals surface area contributed by atoms with E-state index in [1.807, 2.05) is 0 Å². The summed E-state index contributed by atoms with van der Waals surface area (Å²) in [6, 6.07) is 9.68. The van der Waals surface area contributed by atoms with Crippen molar-refractivity contribution in [1.82, 2.24) is 0 Å². The maximum Gasteiger partial charge on any atom is 0.310 e. The second-order valence-corrected chi connectivity index (χ2v) is 5.91. The maximum atomic E-state index is 12.4. The van der Waals surface area contributed by atoms with Crippen LogP contribution in [0.3, 0.4) is 0 Å². The summed E-state index contributed by atoms with van der Waals surface area (Å²) in [6.07, 6.45) is 1.85. The Bertz CT molecular complexity index is 871. The molecule has 24 heavy (non-hydrogen) atoms. The van der Waals surface area contributed by atoms with Crippen molar-refractivity contribution in [1.29, 1.82) is 0 Å². The first-order chi connectivity index (χ1) is 11.5. The van der Waals surface area contributed by atoms with Gasteiger partial charge in [-0.1, -0.05) is 36.2 Å². The van der Waals surface area contributed by atoms with E-state index in [2.05, 4.69) is 0 Å². The van der Waals surface area contributed by atoms with Gasteiger partial charge >= 0.3 is 5.97 Å². The van der Waals surface area contributed by atoms with Crippen molar-refractivity contribution in [3.8, 4) is 11.5 Å². The third kappa shape index (κ3) is 3.30. The molecule has 6 heteroatoms. The molecule has 1 aliphatic rings. The van der Waals surface area contributed by atoms with Gasteiger partial charge in [0.2, 0.25) is 5.78 Å². The van der Waals surface area contributed by atoms with E-state index in [0.717, 1.165) is 0 Å². The van der Waals surface area contributed by atoms with E-state index in [-0.39, 0.29) is 23.9 Å². The Balaban J connectivity index is 1.88. The van der Waals surface area contributed by atoms with Gasteiger partial charge in [-0.05, 0) is 35.9 Å². The number of carbonyl (C=O) groups excluding carboxylic acids is 2. The Morgan fingerprint density at radius 3 is 2.67 bits per heavy atom. The highest BCUT2D eigenvalue weighted by Crippen LogP contribution is 2.35. The van der Waals surface area contributed by atoms with Crippen LogP contribution in [0.25, 0.3) is 6.08 Å². The van der Waals surface area contributed by atoms with Gasteiger partial charge in [-0.2, -0.15) is 0 Å². The second-order valence-electron chi connectivity index (χ2n) is 5.10. The fourth-order valence-electron chi connectivity index (χ4n) is 2.19. The summed E-state index contributed by atoms with van der Waals surface area (Å²) < 4.78 is 10.7. The second kappa shape index (κ2) is 6.67. The first-order valence-electron chi connectivity index (χ1n) is 7.22. The molecule has 1 aliphatic heterocycles. The number of ketones is 1. The van der Waals surface area contributed by atoms with E-state index in [1.165, 1.54) is 6.07 Å². The van der Waals surface area contributed by atoms with Crippen LogP contribution in [0.2, 0.25) is 10.0 Å². The summed E-state index contributed by atoms with van der Waals surface area (Å²) in [7, 11) is 0. The van der Waals surface area contributed by atoms with E-state index in [0.29, 0.717) is 32.7 Å². The predicted octanol–water partition coefficient (Wildman–Crippen LogP) is 4.93.